The second-order valence-electron chi connectivity index (χ2n) is 4.67. The van der Waals surface area contributed by atoms with Crippen molar-refractivity contribution in [2.75, 3.05) is 5.73 Å². The molecule has 0 spiro atoms. The van der Waals surface area contributed by atoms with Crippen LogP contribution in [0.5, 0.6) is 0 Å². The first-order chi connectivity index (χ1) is 8.58. The van der Waals surface area contributed by atoms with Crippen LogP contribution in [0.15, 0.2) is 18.2 Å². The Kier molecular flexibility index (Phi) is 2.76. The highest BCUT2D eigenvalue weighted by Gasteiger charge is 2.31. The summed E-state index contributed by atoms with van der Waals surface area (Å²) < 4.78 is 1.72. The van der Waals surface area contributed by atoms with Gasteiger partial charge in [0.25, 0.3) is 0 Å². The fourth-order valence-electron chi connectivity index (χ4n) is 2.17. The average molecular weight is 282 g/mol. The second-order valence-corrected chi connectivity index (χ2v) is 5.51. The zero-order valence-corrected chi connectivity index (χ0v) is 11.5. The molecule has 1 aromatic heterocycles. The normalized spacial score (nSPS) is 15.1. The highest BCUT2D eigenvalue weighted by atomic mass is 35.5. The highest BCUT2D eigenvalue weighted by molar-refractivity contribution is 6.36. The van der Waals surface area contributed by atoms with Crippen LogP contribution in [-0.2, 0) is 7.05 Å². The van der Waals surface area contributed by atoms with Crippen LogP contribution in [0.3, 0.4) is 0 Å². The number of aryl methyl sites for hydroxylation is 1. The van der Waals surface area contributed by atoms with E-state index in [-0.39, 0.29) is 0 Å². The maximum atomic E-state index is 6.27. The Balaban J connectivity index is 2.21. The van der Waals surface area contributed by atoms with Gasteiger partial charge in [0.05, 0.1) is 10.7 Å². The lowest BCUT2D eigenvalue weighted by Crippen LogP contribution is -1.98. The predicted octanol–water partition coefficient (Wildman–Crippen LogP) is 3.85. The Morgan fingerprint density at radius 1 is 1.33 bits per heavy atom. The topological polar surface area (TPSA) is 43.8 Å². The van der Waals surface area contributed by atoms with Gasteiger partial charge in [0.2, 0.25) is 0 Å². The van der Waals surface area contributed by atoms with E-state index in [9.17, 15) is 0 Å². The highest BCUT2D eigenvalue weighted by Crippen LogP contribution is 2.47. The summed E-state index contributed by atoms with van der Waals surface area (Å²) in [6.45, 7) is 0. The Morgan fingerprint density at radius 3 is 2.67 bits per heavy atom. The first kappa shape index (κ1) is 11.9. The van der Waals surface area contributed by atoms with Crippen molar-refractivity contribution >= 4 is 29.0 Å². The molecule has 1 aliphatic carbocycles. The van der Waals surface area contributed by atoms with Crippen LogP contribution in [0.4, 0.5) is 5.82 Å². The summed E-state index contributed by atoms with van der Waals surface area (Å²) in [5, 5.41) is 5.75. The molecule has 0 aliphatic heterocycles. The smallest absolute Gasteiger partial charge is 0.129 e. The lowest BCUT2D eigenvalue weighted by molar-refractivity contribution is 0.753. The number of benzene rings is 1. The van der Waals surface area contributed by atoms with E-state index in [0.717, 1.165) is 16.8 Å². The molecule has 2 aromatic rings. The Hall–Kier alpha value is -1.19. The van der Waals surface area contributed by atoms with Gasteiger partial charge in [-0.05, 0) is 25.0 Å². The molecule has 3 nitrogen and oxygen atoms in total. The monoisotopic (exact) mass is 281 g/mol. The SMILES string of the molecule is Cn1nc(C2CC2)c(-c2ccc(Cl)cc2Cl)c1N. The fraction of sp³-hybridized carbons (Fsp3) is 0.308. The molecule has 0 radical (unpaired) electrons. The first-order valence-corrected chi connectivity index (χ1v) is 6.61. The van der Waals surface area contributed by atoms with Crippen LogP contribution < -0.4 is 5.73 Å². The molecular formula is C13H13Cl2N3. The van der Waals surface area contributed by atoms with Crippen LogP contribution in [0, 0.1) is 0 Å². The van der Waals surface area contributed by atoms with Crippen molar-refractivity contribution in [1.29, 1.82) is 0 Å². The quantitative estimate of drug-likeness (QED) is 0.909. The molecule has 0 saturated heterocycles. The molecule has 2 N–H and O–H groups in total. The van der Waals surface area contributed by atoms with Crippen molar-refractivity contribution < 1.29 is 0 Å². The van der Waals surface area contributed by atoms with Crippen molar-refractivity contribution in [3.05, 3.63) is 33.9 Å². The minimum atomic E-state index is 0.523. The molecule has 0 unspecified atom stereocenters. The van der Waals surface area contributed by atoms with Crippen molar-refractivity contribution in [1.82, 2.24) is 9.78 Å². The number of nitrogens with two attached hydrogens (primary N) is 1. The van der Waals surface area contributed by atoms with E-state index in [1.165, 1.54) is 12.8 Å². The average Bonchev–Trinajstić information content (AvgIpc) is 3.10. The molecule has 1 saturated carbocycles. The van der Waals surface area contributed by atoms with Gasteiger partial charge in [0, 0.05) is 29.1 Å². The summed E-state index contributed by atoms with van der Waals surface area (Å²) in [6, 6.07) is 5.47. The van der Waals surface area contributed by atoms with Crippen molar-refractivity contribution in [2.24, 2.45) is 7.05 Å². The zero-order valence-electron chi connectivity index (χ0n) is 9.95. The number of halogens is 2. The Morgan fingerprint density at radius 2 is 2.06 bits per heavy atom. The molecule has 1 heterocycles. The van der Waals surface area contributed by atoms with Gasteiger partial charge in [-0.25, -0.2) is 0 Å². The van der Waals surface area contributed by atoms with E-state index >= 15 is 0 Å². The number of anilines is 1. The van der Waals surface area contributed by atoms with Crippen LogP contribution in [0.1, 0.15) is 24.5 Å². The van der Waals surface area contributed by atoms with Gasteiger partial charge in [0.1, 0.15) is 5.82 Å². The van der Waals surface area contributed by atoms with Crippen molar-refractivity contribution in [3.8, 4) is 11.1 Å². The predicted molar refractivity (Wildman–Crippen MR) is 75.1 cm³/mol. The van der Waals surface area contributed by atoms with Crippen molar-refractivity contribution in [2.45, 2.75) is 18.8 Å². The van der Waals surface area contributed by atoms with E-state index in [1.54, 1.807) is 10.7 Å². The van der Waals surface area contributed by atoms with Crippen LogP contribution >= 0.6 is 23.2 Å². The first-order valence-electron chi connectivity index (χ1n) is 5.85. The maximum absolute atomic E-state index is 6.27. The van der Waals surface area contributed by atoms with Gasteiger partial charge in [-0.2, -0.15) is 5.10 Å². The fourth-order valence-corrected chi connectivity index (χ4v) is 2.67. The summed E-state index contributed by atoms with van der Waals surface area (Å²) in [5.41, 5.74) is 9.04. The van der Waals surface area contributed by atoms with E-state index in [0.29, 0.717) is 21.8 Å². The van der Waals surface area contributed by atoms with Crippen molar-refractivity contribution in [3.63, 3.8) is 0 Å². The minimum Gasteiger partial charge on any atom is -0.383 e. The second kappa shape index (κ2) is 4.18. The van der Waals surface area contributed by atoms with Crippen LogP contribution in [-0.4, -0.2) is 9.78 Å². The lowest BCUT2D eigenvalue weighted by Gasteiger charge is -2.06. The number of rotatable bonds is 2. The number of nitrogen functional groups attached to an aromatic ring is 1. The van der Waals surface area contributed by atoms with Crippen LogP contribution in [0.25, 0.3) is 11.1 Å². The summed E-state index contributed by atoms with van der Waals surface area (Å²) in [6.07, 6.45) is 2.35. The molecule has 0 bridgehead atoms. The third-order valence-electron chi connectivity index (χ3n) is 3.28. The van der Waals surface area contributed by atoms with Gasteiger partial charge < -0.3 is 5.73 Å². The molecule has 3 rings (SSSR count). The van der Waals surface area contributed by atoms with E-state index in [4.69, 9.17) is 28.9 Å². The molecule has 1 aromatic carbocycles. The third kappa shape index (κ3) is 1.88. The Bertz CT molecular complexity index is 615. The van der Waals surface area contributed by atoms with Gasteiger partial charge >= 0.3 is 0 Å². The summed E-state index contributed by atoms with van der Waals surface area (Å²) >= 11 is 12.2. The van der Waals surface area contributed by atoms with Gasteiger partial charge in [-0.1, -0.05) is 29.3 Å². The molecule has 0 atom stereocenters. The number of hydrogen-bond acceptors (Lipinski definition) is 2. The van der Waals surface area contributed by atoms with E-state index in [1.807, 2.05) is 19.2 Å². The van der Waals surface area contributed by atoms with Gasteiger partial charge in [-0.3, -0.25) is 4.68 Å². The zero-order chi connectivity index (χ0) is 12.9. The van der Waals surface area contributed by atoms with E-state index < -0.39 is 0 Å². The molecule has 0 amide bonds. The number of aromatic nitrogens is 2. The van der Waals surface area contributed by atoms with Gasteiger partial charge in [0.15, 0.2) is 0 Å². The molecule has 18 heavy (non-hydrogen) atoms. The van der Waals surface area contributed by atoms with Gasteiger partial charge in [-0.15, -0.1) is 0 Å². The lowest BCUT2D eigenvalue weighted by atomic mass is 10.0. The molecular weight excluding hydrogens is 269 g/mol. The third-order valence-corrected chi connectivity index (χ3v) is 3.83. The summed E-state index contributed by atoms with van der Waals surface area (Å²) in [7, 11) is 1.86. The van der Waals surface area contributed by atoms with Crippen LogP contribution in [0.2, 0.25) is 10.0 Å². The summed E-state index contributed by atoms with van der Waals surface area (Å²) in [5.74, 6) is 1.18. The Labute approximate surface area is 115 Å². The standard InChI is InChI=1S/C13H13Cl2N3/c1-18-13(16)11(12(17-18)7-2-3-7)9-5-4-8(14)6-10(9)15/h4-7H,2-3,16H2,1H3. The largest absolute Gasteiger partial charge is 0.383 e. The molecule has 5 heteroatoms. The van der Waals surface area contributed by atoms with E-state index in [2.05, 4.69) is 5.10 Å². The number of nitrogens with zero attached hydrogens (tertiary/aromatic N) is 2. The number of hydrogen-bond donors (Lipinski definition) is 1. The minimum absolute atomic E-state index is 0.523. The molecule has 1 fully saturated rings. The summed E-state index contributed by atoms with van der Waals surface area (Å²) in [4.78, 5) is 0. The molecule has 1 aliphatic rings. The maximum Gasteiger partial charge on any atom is 0.129 e. The molecule has 94 valence electrons.